The van der Waals surface area contributed by atoms with Gasteiger partial charge in [-0.3, -0.25) is 0 Å². The Hall–Kier alpha value is -1.32. The maximum atomic E-state index is 11.8. The SMILES string of the molecule is CC(Cl)=CC[N+](C)(C)CC(=O)OCCc1ccccc1. The van der Waals surface area contributed by atoms with Crippen molar-refractivity contribution in [3.63, 3.8) is 0 Å². The van der Waals surface area contributed by atoms with E-state index in [1.807, 2.05) is 57.4 Å². The fraction of sp³-hybridized carbons (Fsp3) is 0.438. The van der Waals surface area contributed by atoms with E-state index in [4.69, 9.17) is 16.3 Å². The van der Waals surface area contributed by atoms with Crippen molar-refractivity contribution in [2.45, 2.75) is 13.3 Å². The quantitative estimate of drug-likeness (QED) is 0.571. The summed E-state index contributed by atoms with van der Waals surface area (Å²) in [6.07, 6.45) is 2.67. The zero-order chi connectivity index (χ0) is 15.0. The van der Waals surface area contributed by atoms with Crippen molar-refractivity contribution < 1.29 is 14.0 Å². The molecule has 110 valence electrons. The molecule has 1 aromatic rings. The molecule has 0 heterocycles. The Morgan fingerprint density at radius 2 is 1.95 bits per heavy atom. The number of benzene rings is 1. The number of hydrogen-bond acceptors (Lipinski definition) is 2. The van der Waals surface area contributed by atoms with Crippen LogP contribution in [-0.2, 0) is 16.0 Å². The van der Waals surface area contributed by atoms with Gasteiger partial charge in [0.1, 0.15) is 0 Å². The van der Waals surface area contributed by atoms with Gasteiger partial charge in [0, 0.05) is 11.5 Å². The van der Waals surface area contributed by atoms with Crippen LogP contribution in [0.25, 0.3) is 0 Å². The molecule has 0 radical (unpaired) electrons. The molecule has 0 spiro atoms. The lowest BCUT2D eigenvalue weighted by Crippen LogP contribution is -2.44. The summed E-state index contributed by atoms with van der Waals surface area (Å²) in [6.45, 7) is 3.31. The summed E-state index contributed by atoms with van der Waals surface area (Å²) in [5, 5.41) is 0.744. The van der Waals surface area contributed by atoms with E-state index < -0.39 is 0 Å². The van der Waals surface area contributed by atoms with Crippen LogP contribution in [0.4, 0.5) is 0 Å². The highest BCUT2D eigenvalue weighted by Gasteiger charge is 2.19. The van der Waals surface area contributed by atoms with Crippen LogP contribution in [0.2, 0.25) is 0 Å². The summed E-state index contributed by atoms with van der Waals surface area (Å²) in [7, 11) is 3.96. The number of rotatable bonds is 7. The molecule has 0 aliphatic rings. The number of halogens is 1. The normalized spacial score (nSPS) is 12.3. The first-order valence-corrected chi connectivity index (χ1v) is 7.11. The van der Waals surface area contributed by atoms with Gasteiger partial charge < -0.3 is 9.22 Å². The van der Waals surface area contributed by atoms with Crippen molar-refractivity contribution in [2.24, 2.45) is 0 Å². The van der Waals surface area contributed by atoms with Crippen LogP contribution >= 0.6 is 11.6 Å². The molecule has 0 unspecified atom stereocenters. The summed E-state index contributed by atoms with van der Waals surface area (Å²) < 4.78 is 5.82. The average molecular weight is 297 g/mol. The van der Waals surface area contributed by atoms with Crippen LogP contribution in [0.3, 0.4) is 0 Å². The van der Waals surface area contributed by atoms with E-state index in [1.54, 1.807) is 0 Å². The van der Waals surface area contributed by atoms with E-state index in [0.717, 1.165) is 11.5 Å². The predicted molar refractivity (Wildman–Crippen MR) is 82.6 cm³/mol. The predicted octanol–water partition coefficient (Wildman–Crippen LogP) is 2.99. The van der Waals surface area contributed by atoms with E-state index in [0.29, 0.717) is 24.2 Å². The first kappa shape index (κ1) is 16.7. The van der Waals surface area contributed by atoms with E-state index in [-0.39, 0.29) is 5.97 Å². The van der Waals surface area contributed by atoms with Crippen molar-refractivity contribution in [1.82, 2.24) is 0 Å². The summed E-state index contributed by atoms with van der Waals surface area (Å²) in [5.41, 5.74) is 1.18. The highest BCUT2D eigenvalue weighted by Crippen LogP contribution is 2.04. The summed E-state index contributed by atoms with van der Waals surface area (Å²) in [5.74, 6) is -0.174. The lowest BCUT2D eigenvalue weighted by molar-refractivity contribution is -0.877. The van der Waals surface area contributed by atoms with Crippen LogP contribution < -0.4 is 0 Å². The molecule has 0 bridgehead atoms. The third-order valence-electron chi connectivity index (χ3n) is 2.92. The van der Waals surface area contributed by atoms with Gasteiger partial charge in [-0.2, -0.15) is 0 Å². The second-order valence-electron chi connectivity index (χ2n) is 5.52. The van der Waals surface area contributed by atoms with Gasteiger partial charge in [0.15, 0.2) is 6.54 Å². The highest BCUT2D eigenvalue weighted by atomic mass is 35.5. The Balaban J connectivity index is 2.31. The van der Waals surface area contributed by atoms with Crippen molar-refractivity contribution in [3.8, 4) is 0 Å². The van der Waals surface area contributed by atoms with Crippen LogP contribution in [0, 0.1) is 0 Å². The molecule has 4 heteroatoms. The Bertz CT molecular complexity index is 451. The topological polar surface area (TPSA) is 26.3 Å². The first-order valence-electron chi connectivity index (χ1n) is 6.73. The number of allylic oxidation sites excluding steroid dienone is 1. The maximum Gasteiger partial charge on any atom is 0.361 e. The van der Waals surface area contributed by atoms with E-state index in [2.05, 4.69) is 0 Å². The molecular formula is C16H23ClNO2+. The van der Waals surface area contributed by atoms with Gasteiger partial charge in [0.05, 0.1) is 27.2 Å². The minimum atomic E-state index is -0.174. The zero-order valence-corrected chi connectivity index (χ0v) is 13.2. The van der Waals surface area contributed by atoms with Gasteiger partial charge in [0.25, 0.3) is 0 Å². The molecule has 0 fully saturated rings. The van der Waals surface area contributed by atoms with E-state index >= 15 is 0 Å². The van der Waals surface area contributed by atoms with Gasteiger partial charge in [-0.05, 0) is 18.6 Å². The molecule has 0 aliphatic heterocycles. The van der Waals surface area contributed by atoms with Crippen LogP contribution in [0.15, 0.2) is 41.4 Å². The second kappa shape index (κ2) is 8.08. The molecule has 0 aromatic heterocycles. The molecule has 0 atom stereocenters. The zero-order valence-electron chi connectivity index (χ0n) is 12.4. The number of likely N-dealkylation sites (N-methyl/N-ethyl adjacent to an activating group) is 1. The minimum Gasteiger partial charge on any atom is -0.461 e. The Labute approximate surface area is 126 Å². The summed E-state index contributed by atoms with van der Waals surface area (Å²) in [4.78, 5) is 11.8. The molecule has 0 N–H and O–H groups in total. The molecule has 0 saturated heterocycles. The maximum absolute atomic E-state index is 11.8. The third kappa shape index (κ3) is 7.31. The average Bonchev–Trinajstić information content (AvgIpc) is 2.37. The highest BCUT2D eigenvalue weighted by molar-refractivity contribution is 6.29. The molecule has 0 amide bonds. The second-order valence-corrected chi connectivity index (χ2v) is 6.12. The van der Waals surface area contributed by atoms with Crippen molar-refractivity contribution in [2.75, 3.05) is 33.8 Å². The summed E-state index contributed by atoms with van der Waals surface area (Å²) >= 11 is 5.81. The number of carbonyl (C=O) groups excluding carboxylic acids is 1. The lowest BCUT2D eigenvalue weighted by atomic mass is 10.2. The van der Waals surface area contributed by atoms with Crippen molar-refractivity contribution >= 4 is 17.6 Å². The number of quaternary nitrogens is 1. The molecule has 3 nitrogen and oxygen atoms in total. The molecule has 0 saturated carbocycles. The Morgan fingerprint density at radius 1 is 1.30 bits per heavy atom. The molecular weight excluding hydrogens is 274 g/mol. The van der Waals surface area contributed by atoms with E-state index in [9.17, 15) is 4.79 Å². The Kier molecular flexibility index (Phi) is 6.76. The van der Waals surface area contributed by atoms with Crippen molar-refractivity contribution in [3.05, 3.63) is 47.0 Å². The van der Waals surface area contributed by atoms with Crippen LogP contribution in [-0.4, -0.2) is 44.2 Å². The fourth-order valence-corrected chi connectivity index (χ4v) is 1.83. The van der Waals surface area contributed by atoms with Gasteiger partial charge in [0.2, 0.25) is 0 Å². The summed E-state index contributed by atoms with van der Waals surface area (Å²) in [6, 6.07) is 10.0. The van der Waals surface area contributed by atoms with Crippen LogP contribution in [0.1, 0.15) is 12.5 Å². The molecule has 20 heavy (non-hydrogen) atoms. The van der Waals surface area contributed by atoms with Gasteiger partial charge in [-0.15, -0.1) is 0 Å². The third-order valence-corrected chi connectivity index (χ3v) is 3.07. The number of ether oxygens (including phenoxy) is 1. The monoisotopic (exact) mass is 296 g/mol. The fourth-order valence-electron chi connectivity index (χ4n) is 1.76. The van der Waals surface area contributed by atoms with Crippen molar-refractivity contribution in [1.29, 1.82) is 0 Å². The smallest absolute Gasteiger partial charge is 0.361 e. The number of carbonyl (C=O) groups is 1. The first-order chi connectivity index (χ1) is 9.39. The molecule has 0 aliphatic carbocycles. The van der Waals surface area contributed by atoms with Gasteiger partial charge in [-0.25, -0.2) is 4.79 Å². The number of esters is 1. The molecule has 1 aromatic carbocycles. The van der Waals surface area contributed by atoms with E-state index in [1.165, 1.54) is 5.56 Å². The van der Waals surface area contributed by atoms with Crippen LogP contribution in [0.5, 0.6) is 0 Å². The van der Waals surface area contributed by atoms with Gasteiger partial charge >= 0.3 is 5.97 Å². The largest absolute Gasteiger partial charge is 0.461 e. The van der Waals surface area contributed by atoms with Gasteiger partial charge in [-0.1, -0.05) is 41.9 Å². The standard InChI is InChI=1S/C16H23ClNO2/c1-14(17)9-11-18(2,3)13-16(19)20-12-10-15-7-5-4-6-8-15/h4-9H,10-13H2,1-3H3/q+1. The lowest BCUT2D eigenvalue weighted by Gasteiger charge is -2.27. The Morgan fingerprint density at radius 3 is 2.55 bits per heavy atom. The number of hydrogen-bond donors (Lipinski definition) is 0. The number of nitrogens with zero attached hydrogens (tertiary/aromatic N) is 1. The molecule has 1 rings (SSSR count). The minimum absolute atomic E-state index is 0.174.